The van der Waals surface area contributed by atoms with Gasteiger partial charge in [0.2, 0.25) is 6.33 Å². The van der Waals surface area contributed by atoms with E-state index in [1.165, 1.54) is 6.33 Å². The van der Waals surface area contributed by atoms with Gasteiger partial charge in [0.05, 0.1) is 12.5 Å². The number of fused-ring (bicyclic) bond motifs is 1. The lowest BCUT2D eigenvalue weighted by atomic mass is 10.3. The van der Waals surface area contributed by atoms with Crippen LogP contribution in [0.2, 0.25) is 0 Å². The Bertz CT molecular complexity index is 745. The molecular weight excluding hydrogens is 252 g/mol. The quantitative estimate of drug-likeness (QED) is 0.444. The molecular formula is C14H15N6+. The van der Waals surface area contributed by atoms with E-state index in [0.29, 0.717) is 5.82 Å². The fraction of sp³-hybridized carbons (Fsp3) is 0.143. The molecule has 20 heavy (non-hydrogen) atoms. The number of benzene rings is 1. The van der Waals surface area contributed by atoms with Crippen molar-refractivity contribution in [3.8, 4) is 5.69 Å². The molecule has 0 aliphatic rings. The van der Waals surface area contributed by atoms with Crippen LogP contribution in [-0.2, 0) is 0 Å². The van der Waals surface area contributed by atoms with E-state index in [0.717, 1.165) is 16.7 Å². The third-order valence-electron chi connectivity index (χ3n) is 2.82. The summed E-state index contributed by atoms with van der Waals surface area (Å²) in [5.41, 5.74) is 1.82. The maximum Gasteiger partial charge on any atom is 0.361 e. The average molecular weight is 267 g/mol. The highest BCUT2D eigenvalue weighted by Crippen LogP contribution is 2.19. The second-order valence-corrected chi connectivity index (χ2v) is 4.59. The fourth-order valence-electron chi connectivity index (χ4n) is 1.92. The third-order valence-corrected chi connectivity index (χ3v) is 2.82. The number of aromatic amines is 1. The van der Waals surface area contributed by atoms with Gasteiger partial charge in [0.15, 0.2) is 11.5 Å². The summed E-state index contributed by atoms with van der Waals surface area (Å²) in [4.78, 5) is 14.8. The molecule has 6 nitrogen and oxygen atoms in total. The van der Waals surface area contributed by atoms with E-state index in [1.54, 1.807) is 6.34 Å². The summed E-state index contributed by atoms with van der Waals surface area (Å²) in [7, 11) is 3.84. The van der Waals surface area contributed by atoms with Gasteiger partial charge in [-0.3, -0.25) is 0 Å². The van der Waals surface area contributed by atoms with Gasteiger partial charge in [-0.15, -0.1) is 4.68 Å². The van der Waals surface area contributed by atoms with Gasteiger partial charge < -0.3 is 4.90 Å². The molecule has 2 aromatic heterocycles. The van der Waals surface area contributed by atoms with Crippen LogP contribution in [0.3, 0.4) is 0 Å². The lowest BCUT2D eigenvalue weighted by molar-refractivity contribution is -0.631. The summed E-state index contributed by atoms with van der Waals surface area (Å²) in [5, 5.41) is 4.07. The number of nitrogens with zero attached hydrogens (tertiary/aromatic N) is 5. The zero-order chi connectivity index (χ0) is 13.9. The van der Waals surface area contributed by atoms with Gasteiger partial charge in [-0.2, -0.15) is 4.98 Å². The van der Waals surface area contributed by atoms with Crippen LogP contribution in [0, 0.1) is 0 Å². The number of hydrogen-bond donors (Lipinski definition) is 1. The first-order chi connectivity index (χ1) is 9.75. The summed E-state index contributed by atoms with van der Waals surface area (Å²) < 4.78 is 1.91. The van der Waals surface area contributed by atoms with Crippen LogP contribution in [-0.4, -0.2) is 40.4 Å². The normalized spacial score (nSPS) is 11.3. The van der Waals surface area contributed by atoms with E-state index in [4.69, 9.17) is 0 Å². The van der Waals surface area contributed by atoms with Gasteiger partial charge in [-0.25, -0.2) is 10.1 Å². The van der Waals surface area contributed by atoms with Crippen LogP contribution >= 0.6 is 0 Å². The first-order valence-corrected chi connectivity index (χ1v) is 6.26. The van der Waals surface area contributed by atoms with Crippen molar-refractivity contribution in [1.29, 1.82) is 0 Å². The van der Waals surface area contributed by atoms with E-state index in [-0.39, 0.29) is 0 Å². The number of aromatic nitrogens is 4. The van der Waals surface area contributed by atoms with Crippen LogP contribution in [0.15, 0.2) is 47.8 Å². The standard InChI is InChI=1S/C14H14N6/c1-19(2)10-17-13-12-8-18-20(14(12)16-9-15-13)11-6-4-3-5-7-11/h3-10H,1-2H3/p+1. The van der Waals surface area contributed by atoms with Crippen molar-refractivity contribution in [2.24, 2.45) is 4.99 Å². The van der Waals surface area contributed by atoms with Crippen LogP contribution < -0.4 is 4.68 Å². The number of nitrogens with one attached hydrogen (secondary N) is 1. The van der Waals surface area contributed by atoms with Gasteiger partial charge in [-0.1, -0.05) is 18.2 Å². The van der Waals surface area contributed by atoms with Gasteiger partial charge >= 0.3 is 5.65 Å². The van der Waals surface area contributed by atoms with Crippen molar-refractivity contribution in [2.75, 3.05) is 14.1 Å². The Balaban J connectivity index is 2.13. The van der Waals surface area contributed by atoms with Crippen molar-refractivity contribution in [3.63, 3.8) is 0 Å². The largest absolute Gasteiger partial charge is 0.369 e. The highest BCUT2D eigenvalue weighted by molar-refractivity contribution is 5.83. The Morgan fingerprint density at radius 1 is 1.20 bits per heavy atom. The molecule has 0 atom stereocenters. The molecule has 2 heterocycles. The van der Waals surface area contributed by atoms with Gasteiger partial charge in [0.1, 0.15) is 5.39 Å². The maximum atomic E-state index is 4.36. The van der Waals surface area contributed by atoms with Crippen LogP contribution in [0.25, 0.3) is 16.7 Å². The molecule has 0 aliphatic carbocycles. The van der Waals surface area contributed by atoms with E-state index >= 15 is 0 Å². The molecule has 0 unspecified atom stereocenters. The maximum absolute atomic E-state index is 4.36. The highest BCUT2D eigenvalue weighted by Gasteiger charge is 2.17. The van der Waals surface area contributed by atoms with Crippen LogP contribution in [0.4, 0.5) is 5.82 Å². The van der Waals surface area contributed by atoms with Crippen molar-refractivity contribution < 1.29 is 4.68 Å². The Hall–Kier alpha value is -2.76. The summed E-state index contributed by atoms with van der Waals surface area (Å²) in [6.45, 7) is 0. The molecule has 0 bridgehead atoms. The molecule has 6 heteroatoms. The van der Waals surface area contributed by atoms with Crippen molar-refractivity contribution in [3.05, 3.63) is 42.9 Å². The minimum Gasteiger partial charge on any atom is -0.369 e. The number of hydrogen-bond acceptors (Lipinski definition) is 3. The molecule has 0 saturated heterocycles. The summed E-state index contributed by atoms with van der Waals surface area (Å²) in [5.74, 6) is 0.648. The first-order valence-electron chi connectivity index (χ1n) is 6.26. The van der Waals surface area contributed by atoms with Gasteiger partial charge in [-0.05, 0) is 17.1 Å². The number of rotatable bonds is 3. The molecule has 1 N–H and O–H groups in total. The third kappa shape index (κ3) is 2.23. The van der Waals surface area contributed by atoms with Crippen molar-refractivity contribution in [1.82, 2.24) is 20.0 Å². The number of para-hydroxylation sites is 1. The number of H-pyrrole nitrogens is 1. The molecule has 0 fully saturated rings. The first kappa shape index (κ1) is 12.3. The van der Waals surface area contributed by atoms with E-state index in [1.807, 2.05) is 60.2 Å². The Morgan fingerprint density at radius 2 is 2.00 bits per heavy atom. The highest BCUT2D eigenvalue weighted by atomic mass is 15.3. The van der Waals surface area contributed by atoms with Crippen molar-refractivity contribution in [2.45, 2.75) is 0 Å². The SMILES string of the molecule is CN(C)C=Nc1ncnc2c1c[nH][n+]2-c1ccccc1. The topological polar surface area (TPSA) is 61.1 Å². The van der Waals surface area contributed by atoms with E-state index in [9.17, 15) is 0 Å². The molecule has 0 aliphatic heterocycles. The second kappa shape index (κ2) is 5.08. The van der Waals surface area contributed by atoms with Gasteiger partial charge in [0.25, 0.3) is 0 Å². The Kier molecular flexibility index (Phi) is 3.12. The molecule has 100 valence electrons. The summed E-state index contributed by atoms with van der Waals surface area (Å²) >= 11 is 0. The average Bonchev–Trinajstić information content (AvgIpc) is 2.90. The predicted molar refractivity (Wildman–Crippen MR) is 77.3 cm³/mol. The lowest BCUT2D eigenvalue weighted by Crippen LogP contribution is -2.33. The van der Waals surface area contributed by atoms with Crippen molar-refractivity contribution >= 4 is 23.2 Å². The second-order valence-electron chi connectivity index (χ2n) is 4.59. The summed E-state index contributed by atoms with van der Waals surface area (Å²) in [6, 6.07) is 9.99. The molecule has 0 radical (unpaired) electrons. The smallest absolute Gasteiger partial charge is 0.361 e. The minimum absolute atomic E-state index is 0.648. The zero-order valence-electron chi connectivity index (χ0n) is 11.4. The van der Waals surface area contributed by atoms with E-state index < -0.39 is 0 Å². The fourth-order valence-corrected chi connectivity index (χ4v) is 1.92. The monoisotopic (exact) mass is 267 g/mol. The molecule has 1 aromatic carbocycles. The van der Waals surface area contributed by atoms with Crippen LogP contribution in [0.5, 0.6) is 0 Å². The number of aliphatic imine (C=N–C) groups is 1. The molecule has 0 saturated carbocycles. The van der Waals surface area contributed by atoms with Gasteiger partial charge in [0, 0.05) is 14.1 Å². The molecule has 3 aromatic rings. The molecule has 0 amide bonds. The Labute approximate surface area is 116 Å². The lowest BCUT2D eigenvalue weighted by Gasteiger charge is -2.01. The Morgan fingerprint density at radius 3 is 2.75 bits per heavy atom. The minimum atomic E-state index is 0.648. The molecule has 0 spiro atoms. The zero-order valence-corrected chi connectivity index (χ0v) is 11.4. The summed E-state index contributed by atoms with van der Waals surface area (Å²) in [6.07, 6.45) is 5.12. The predicted octanol–water partition coefficient (Wildman–Crippen LogP) is 1.46. The molecule has 3 rings (SSSR count). The van der Waals surface area contributed by atoms with Crippen LogP contribution in [0.1, 0.15) is 0 Å². The van der Waals surface area contributed by atoms with E-state index in [2.05, 4.69) is 20.1 Å².